The lowest BCUT2D eigenvalue weighted by molar-refractivity contribution is 0.0513. The van der Waals surface area contributed by atoms with Gasteiger partial charge in [-0.3, -0.25) is 9.59 Å². The smallest absolute Gasteiger partial charge is 0.289 e. The zero-order valence-electron chi connectivity index (χ0n) is 11.6. The predicted octanol–water partition coefficient (Wildman–Crippen LogP) is 1.17. The first-order valence-corrected chi connectivity index (χ1v) is 6.70. The molecule has 1 fully saturated rings. The highest BCUT2D eigenvalue weighted by atomic mass is 16.5. The third kappa shape index (κ3) is 2.67. The highest BCUT2D eigenvalue weighted by molar-refractivity contribution is 5.93. The maximum atomic E-state index is 12.2. The first-order valence-electron chi connectivity index (χ1n) is 6.70. The van der Waals surface area contributed by atoms with Crippen molar-refractivity contribution in [1.82, 2.24) is 15.0 Å². The molecule has 0 saturated carbocycles. The van der Waals surface area contributed by atoms with Crippen LogP contribution in [-0.4, -0.2) is 52.9 Å². The average Bonchev–Trinajstić information content (AvgIpc) is 3.17. The minimum Gasteiger partial charge on any atom is -0.459 e. The molecule has 7 heteroatoms. The zero-order valence-corrected chi connectivity index (χ0v) is 11.6. The minimum atomic E-state index is -0.169. The maximum Gasteiger partial charge on any atom is 0.289 e. The van der Waals surface area contributed by atoms with Crippen molar-refractivity contribution < 1.29 is 18.5 Å². The lowest BCUT2D eigenvalue weighted by Gasteiger charge is -2.33. The maximum absolute atomic E-state index is 12.2. The molecular weight excluding hydrogens is 274 g/mol. The number of nitrogens with zero attached hydrogens (tertiary/aromatic N) is 3. The quantitative estimate of drug-likeness (QED) is 0.829. The molecule has 3 rings (SSSR count). The van der Waals surface area contributed by atoms with Gasteiger partial charge in [0.25, 0.3) is 11.8 Å². The molecule has 0 N–H and O–H groups in total. The van der Waals surface area contributed by atoms with Gasteiger partial charge in [0.2, 0.25) is 0 Å². The molecule has 1 aliphatic heterocycles. The van der Waals surface area contributed by atoms with Crippen LogP contribution < -0.4 is 0 Å². The SMILES string of the molecule is Cc1cc(C(=O)N2CCN(C(=O)c3ccco3)CC2)no1. The lowest BCUT2D eigenvalue weighted by atomic mass is 10.2. The van der Waals surface area contributed by atoms with Crippen molar-refractivity contribution in [1.29, 1.82) is 0 Å². The van der Waals surface area contributed by atoms with Crippen LogP contribution in [0.4, 0.5) is 0 Å². The van der Waals surface area contributed by atoms with E-state index >= 15 is 0 Å². The number of carbonyl (C=O) groups is 2. The second-order valence-corrected chi connectivity index (χ2v) is 4.88. The van der Waals surface area contributed by atoms with Crippen LogP contribution in [0.3, 0.4) is 0 Å². The lowest BCUT2D eigenvalue weighted by Crippen LogP contribution is -2.50. The second kappa shape index (κ2) is 5.43. The number of aromatic nitrogens is 1. The molecule has 7 nitrogen and oxygen atoms in total. The van der Waals surface area contributed by atoms with Crippen molar-refractivity contribution >= 4 is 11.8 Å². The summed E-state index contributed by atoms with van der Waals surface area (Å²) in [6.07, 6.45) is 1.47. The summed E-state index contributed by atoms with van der Waals surface area (Å²) >= 11 is 0. The van der Waals surface area contributed by atoms with E-state index in [1.165, 1.54) is 6.26 Å². The molecular formula is C14H15N3O4. The highest BCUT2D eigenvalue weighted by Crippen LogP contribution is 2.12. The molecule has 0 bridgehead atoms. The van der Waals surface area contributed by atoms with Gasteiger partial charge in [-0.2, -0.15) is 0 Å². The normalized spacial score (nSPS) is 15.3. The average molecular weight is 289 g/mol. The van der Waals surface area contributed by atoms with Crippen molar-refractivity contribution in [2.45, 2.75) is 6.92 Å². The Hall–Kier alpha value is -2.57. The summed E-state index contributed by atoms with van der Waals surface area (Å²) in [5.74, 6) is 0.605. The number of hydrogen-bond donors (Lipinski definition) is 0. The van der Waals surface area contributed by atoms with E-state index in [1.54, 1.807) is 34.9 Å². The van der Waals surface area contributed by atoms with E-state index < -0.39 is 0 Å². The number of carbonyl (C=O) groups excluding carboxylic acids is 2. The second-order valence-electron chi connectivity index (χ2n) is 4.88. The van der Waals surface area contributed by atoms with Crippen LogP contribution in [0, 0.1) is 6.92 Å². The number of furan rings is 1. The summed E-state index contributed by atoms with van der Waals surface area (Å²) in [5, 5.41) is 3.72. The Labute approximate surface area is 121 Å². The van der Waals surface area contributed by atoms with Gasteiger partial charge >= 0.3 is 0 Å². The molecule has 0 aliphatic carbocycles. The number of hydrogen-bond acceptors (Lipinski definition) is 5. The van der Waals surface area contributed by atoms with Crippen molar-refractivity contribution in [2.75, 3.05) is 26.2 Å². The van der Waals surface area contributed by atoms with Gasteiger partial charge in [-0.15, -0.1) is 0 Å². The standard InChI is InChI=1S/C14H15N3O4/c1-10-9-11(15-21-10)13(18)16-4-6-17(7-5-16)14(19)12-3-2-8-20-12/h2-3,8-9H,4-7H2,1H3. The molecule has 2 aromatic rings. The molecule has 21 heavy (non-hydrogen) atoms. The number of aryl methyl sites for hydroxylation is 1. The molecule has 1 saturated heterocycles. The van der Waals surface area contributed by atoms with Gasteiger partial charge in [0.15, 0.2) is 11.5 Å². The van der Waals surface area contributed by atoms with E-state index in [-0.39, 0.29) is 11.8 Å². The van der Waals surface area contributed by atoms with Gasteiger partial charge in [-0.1, -0.05) is 5.16 Å². The highest BCUT2D eigenvalue weighted by Gasteiger charge is 2.27. The largest absolute Gasteiger partial charge is 0.459 e. The number of amides is 2. The van der Waals surface area contributed by atoms with Gasteiger partial charge in [-0.05, 0) is 19.1 Å². The molecule has 110 valence electrons. The monoisotopic (exact) mass is 289 g/mol. The van der Waals surface area contributed by atoms with Crippen LogP contribution in [-0.2, 0) is 0 Å². The van der Waals surface area contributed by atoms with Crippen molar-refractivity contribution in [2.24, 2.45) is 0 Å². The zero-order chi connectivity index (χ0) is 14.8. The molecule has 0 unspecified atom stereocenters. The molecule has 0 spiro atoms. The van der Waals surface area contributed by atoms with E-state index in [4.69, 9.17) is 8.94 Å². The van der Waals surface area contributed by atoms with Crippen LogP contribution in [0.15, 0.2) is 33.4 Å². The molecule has 0 radical (unpaired) electrons. The first-order chi connectivity index (χ1) is 10.1. The van der Waals surface area contributed by atoms with Crippen LogP contribution >= 0.6 is 0 Å². The molecule has 0 aromatic carbocycles. The van der Waals surface area contributed by atoms with Crippen LogP contribution in [0.1, 0.15) is 26.8 Å². The Morgan fingerprint density at radius 2 is 1.81 bits per heavy atom. The van der Waals surface area contributed by atoms with Crippen LogP contribution in [0.25, 0.3) is 0 Å². The summed E-state index contributed by atoms with van der Waals surface area (Å²) < 4.78 is 10.0. The Balaban J connectivity index is 1.60. The van der Waals surface area contributed by atoms with E-state index in [1.807, 2.05) is 0 Å². The number of piperazine rings is 1. The van der Waals surface area contributed by atoms with E-state index in [0.29, 0.717) is 43.4 Å². The summed E-state index contributed by atoms with van der Waals surface area (Å²) in [7, 11) is 0. The molecule has 3 heterocycles. The summed E-state index contributed by atoms with van der Waals surface area (Å²) in [6, 6.07) is 4.93. The van der Waals surface area contributed by atoms with Crippen LogP contribution in [0.2, 0.25) is 0 Å². The number of rotatable bonds is 2. The van der Waals surface area contributed by atoms with Gasteiger partial charge < -0.3 is 18.7 Å². The third-order valence-corrected chi connectivity index (χ3v) is 3.43. The molecule has 1 aliphatic rings. The van der Waals surface area contributed by atoms with Gasteiger partial charge in [0.05, 0.1) is 6.26 Å². The fourth-order valence-electron chi connectivity index (χ4n) is 2.30. The van der Waals surface area contributed by atoms with Gasteiger partial charge in [-0.25, -0.2) is 0 Å². The Morgan fingerprint density at radius 1 is 1.14 bits per heavy atom. The van der Waals surface area contributed by atoms with Crippen molar-refractivity contribution in [3.8, 4) is 0 Å². The van der Waals surface area contributed by atoms with Crippen LogP contribution in [0.5, 0.6) is 0 Å². The Bertz CT molecular complexity index is 639. The summed E-state index contributed by atoms with van der Waals surface area (Å²) in [4.78, 5) is 27.7. The molecule has 0 atom stereocenters. The van der Waals surface area contributed by atoms with Gasteiger partial charge in [0.1, 0.15) is 5.76 Å². The summed E-state index contributed by atoms with van der Waals surface area (Å²) in [5.41, 5.74) is 0.304. The first kappa shape index (κ1) is 13.4. The van der Waals surface area contributed by atoms with Crippen molar-refractivity contribution in [3.05, 3.63) is 41.7 Å². The minimum absolute atomic E-state index is 0.149. The van der Waals surface area contributed by atoms with E-state index in [9.17, 15) is 9.59 Å². The fraction of sp³-hybridized carbons (Fsp3) is 0.357. The third-order valence-electron chi connectivity index (χ3n) is 3.43. The van der Waals surface area contributed by atoms with Gasteiger partial charge in [0, 0.05) is 32.2 Å². The van der Waals surface area contributed by atoms with E-state index in [2.05, 4.69) is 5.16 Å². The fourth-order valence-corrected chi connectivity index (χ4v) is 2.30. The Kier molecular flexibility index (Phi) is 3.47. The van der Waals surface area contributed by atoms with Crippen molar-refractivity contribution in [3.63, 3.8) is 0 Å². The van der Waals surface area contributed by atoms with E-state index in [0.717, 1.165) is 0 Å². The Morgan fingerprint density at radius 3 is 2.33 bits per heavy atom. The molecule has 2 amide bonds. The topological polar surface area (TPSA) is 79.8 Å². The molecule has 2 aromatic heterocycles. The summed E-state index contributed by atoms with van der Waals surface area (Å²) in [6.45, 7) is 3.63. The predicted molar refractivity (Wildman–Crippen MR) is 71.8 cm³/mol.